The van der Waals surface area contributed by atoms with E-state index in [0.717, 1.165) is 23.0 Å². The molecule has 1 heterocycles. The summed E-state index contributed by atoms with van der Waals surface area (Å²) in [4.78, 5) is 4.25. The molecule has 1 aliphatic rings. The highest BCUT2D eigenvalue weighted by molar-refractivity contribution is 5.65. The number of nitrogens with zero attached hydrogens (tertiary/aromatic N) is 1. The van der Waals surface area contributed by atoms with Crippen LogP contribution in [0.15, 0.2) is 12.3 Å². The second-order valence-electron chi connectivity index (χ2n) is 4.31. The van der Waals surface area contributed by atoms with Crippen molar-refractivity contribution >= 4 is 11.5 Å². The maximum atomic E-state index is 5.92. The van der Waals surface area contributed by atoms with Crippen LogP contribution in [0.4, 0.5) is 11.5 Å². The maximum Gasteiger partial charge on any atom is 0.149 e. The molecule has 3 heteroatoms. The van der Waals surface area contributed by atoms with Gasteiger partial charge in [0.2, 0.25) is 0 Å². The smallest absolute Gasteiger partial charge is 0.149 e. The molecule has 0 radical (unpaired) electrons. The molecule has 0 atom stereocenters. The van der Waals surface area contributed by atoms with Gasteiger partial charge in [0.05, 0.1) is 5.69 Å². The normalized spacial score (nSPS) is 25.6. The van der Waals surface area contributed by atoms with Gasteiger partial charge in [0.15, 0.2) is 0 Å². The summed E-state index contributed by atoms with van der Waals surface area (Å²) in [6.07, 6.45) is 4.26. The van der Waals surface area contributed by atoms with Gasteiger partial charge in [0, 0.05) is 12.2 Å². The maximum absolute atomic E-state index is 5.92. The number of pyridine rings is 1. The summed E-state index contributed by atoms with van der Waals surface area (Å²) >= 11 is 0. The van der Waals surface area contributed by atoms with Gasteiger partial charge < -0.3 is 11.1 Å². The molecule has 1 aliphatic carbocycles. The Labute approximate surface area is 84.7 Å². The minimum absolute atomic E-state index is 0.571. The van der Waals surface area contributed by atoms with Crippen LogP contribution < -0.4 is 11.1 Å². The third-order valence-corrected chi connectivity index (χ3v) is 2.92. The number of hydrogen-bond acceptors (Lipinski definition) is 3. The summed E-state index contributed by atoms with van der Waals surface area (Å²) in [5, 5.41) is 3.38. The molecule has 0 spiro atoms. The molecule has 14 heavy (non-hydrogen) atoms. The Bertz CT molecular complexity index is 329. The molecule has 0 amide bonds. The third kappa shape index (κ3) is 1.67. The lowest BCUT2D eigenvalue weighted by atomic mass is 9.82. The van der Waals surface area contributed by atoms with Gasteiger partial charge >= 0.3 is 0 Å². The summed E-state index contributed by atoms with van der Waals surface area (Å²) in [7, 11) is 0. The zero-order valence-electron chi connectivity index (χ0n) is 8.75. The Balaban J connectivity index is 2.06. The fourth-order valence-electron chi connectivity index (χ4n) is 1.90. The highest BCUT2D eigenvalue weighted by atomic mass is 15.0. The summed E-state index contributed by atoms with van der Waals surface area (Å²) in [5.41, 5.74) is 7.80. The molecule has 3 N–H and O–H groups in total. The average Bonchev–Trinajstić information content (AvgIpc) is 2.10. The van der Waals surface area contributed by atoms with Gasteiger partial charge in [0.1, 0.15) is 5.82 Å². The Hall–Kier alpha value is -1.25. The number of aromatic nitrogens is 1. The first-order chi connectivity index (χ1) is 6.66. The molecular weight excluding hydrogens is 174 g/mol. The number of hydrogen-bond donors (Lipinski definition) is 2. The first-order valence-corrected chi connectivity index (χ1v) is 5.14. The molecule has 2 rings (SSSR count). The van der Waals surface area contributed by atoms with Crippen molar-refractivity contribution in [3.05, 3.63) is 17.8 Å². The van der Waals surface area contributed by atoms with Crippen molar-refractivity contribution in [1.29, 1.82) is 0 Å². The molecule has 0 aliphatic heterocycles. The zero-order chi connectivity index (χ0) is 10.1. The molecule has 0 bridgehead atoms. The highest BCUT2D eigenvalue weighted by Crippen LogP contribution is 2.30. The fourth-order valence-corrected chi connectivity index (χ4v) is 1.90. The van der Waals surface area contributed by atoms with Crippen molar-refractivity contribution in [1.82, 2.24) is 4.98 Å². The quantitative estimate of drug-likeness (QED) is 0.753. The van der Waals surface area contributed by atoms with Crippen LogP contribution in [0.3, 0.4) is 0 Å². The largest absolute Gasteiger partial charge is 0.396 e. The van der Waals surface area contributed by atoms with E-state index in [1.807, 2.05) is 13.0 Å². The van der Waals surface area contributed by atoms with E-state index in [4.69, 9.17) is 5.73 Å². The van der Waals surface area contributed by atoms with Gasteiger partial charge in [-0.1, -0.05) is 6.92 Å². The van der Waals surface area contributed by atoms with E-state index >= 15 is 0 Å². The van der Waals surface area contributed by atoms with Gasteiger partial charge in [0.25, 0.3) is 0 Å². The van der Waals surface area contributed by atoms with Crippen LogP contribution in [-0.4, -0.2) is 11.0 Å². The summed E-state index contributed by atoms with van der Waals surface area (Å²) < 4.78 is 0. The zero-order valence-corrected chi connectivity index (χ0v) is 8.75. The van der Waals surface area contributed by atoms with Crippen LogP contribution in [0, 0.1) is 12.8 Å². The second kappa shape index (κ2) is 3.48. The predicted octanol–water partition coefficient (Wildman–Crippen LogP) is 2.18. The predicted molar refractivity (Wildman–Crippen MR) is 59.2 cm³/mol. The van der Waals surface area contributed by atoms with Crippen LogP contribution in [0.2, 0.25) is 0 Å². The number of rotatable bonds is 2. The van der Waals surface area contributed by atoms with E-state index < -0.39 is 0 Å². The molecule has 3 nitrogen and oxygen atoms in total. The van der Waals surface area contributed by atoms with Crippen molar-refractivity contribution in [2.45, 2.75) is 32.7 Å². The monoisotopic (exact) mass is 191 g/mol. The Morgan fingerprint density at radius 2 is 2.21 bits per heavy atom. The lowest BCUT2D eigenvalue weighted by Crippen LogP contribution is -2.34. The lowest BCUT2D eigenvalue weighted by molar-refractivity contribution is 0.308. The molecule has 1 aromatic rings. The number of aryl methyl sites for hydroxylation is 1. The van der Waals surface area contributed by atoms with E-state index in [1.54, 1.807) is 6.20 Å². The number of nitrogens with one attached hydrogen (secondary N) is 1. The molecule has 1 fully saturated rings. The van der Waals surface area contributed by atoms with Crippen LogP contribution in [0.25, 0.3) is 0 Å². The first-order valence-electron chi connectivity index (χ1n) is 5.14. The van der Waals surface area contributed by atoms with Crippen LogP contribution in [0.1, 0.15) is 25.3 Å². The van der Waals surface area contributed by atoms with Crippen molar-refractivity contribution in [2.24, 2.45) is 5.92 Å². The molecular formula is C11H17N3. The van der Waals surface area contributed by atoms with Gasteiger partial charge in [-0.15, -0.1) is 0 Å². The third-order valence-electron chi connectivity index (χ3n) is 2.92. The van der Waals surface area contributed by atoms with Crippen LogP contribution in [-0.2, 0) is 0 Å². The Kier molecular flexibility index (Phi) is 2.32. The van der Waals surface area contributed by atoms with E-state index in [-0.39, 0.29) is 0 Å². The number of anilines is 2. The minimum Gasteiger partial charge on any atom is -0.396 e. The molecule has 1 saturated carbocycles. The molecule has 0 unspecified atom stereocenters. The van der Waals surface area contributed by atoms with Crippen molar-refractivity contribution < 1.29 is 0 Å². The van der Waals surface area contributed by atoms with Crippen LogP contribution in [0.5, 0.6) is 0 Å². The molecule has 1 aromatic heterocycles. The highest BCUT2D eigenvalue weighted by Gasteiger charge is 2.25. The van der Waals surface area contributed by atoms with E-state index in [9.17, 15) is 0 Å². The number of nitrogens with two attached hydrogens (primary N) is 1. The van der Waals surface area contributed by atoms with Gasteiger partial charge in [-0.3, -0.25) is 0 Å². The SMILES string of the molecule is Cc1ccnc(NC2CC(C)C2)c1N. The van der Waals surface area contributed by atoms with Crippen LogP contribution >= 0.6 is 0 Å². The van der Waals surface area contributed by atoms with Crippen molar-refractivity contribution in [2.75, 3.05) is 11.1 Å². The molecule has 0 aromatic carbocycles. The van der Waals surface area contributed by atoms with Crippen molar-refractivity contribution in [3.8, 4) is 0 Å². The van der Waals surface area contributed by atoms with Gasteiger partial charge in [-0.2, -0.15) is 0 Å². The van der Waals surface area contributed by atoms with E-state index in [0.29, 0.717) is 6.04 Å². The summed E-state index contributed by atoms with van der Waals surface area (Å²) in [6, 6.07) is 2.51. The van der Waals surface area contributed by atoms with E-state index in [2.05, 4.69) is 17.2 Å². The average molecular weight is 191 g/mol. The number of nitrogen functional groups attached to an aromatic ring is 1. The van der Waals surface area contributed by atoms with Gasteiger partial charge in [-0.25, -0.2) is 4.98 Å². The topological polar surface area (TPSA) is 50.9 Å². The van der Waals surface area contributed by atoms with E-state index in [1.165, 1.54) is 12.8 Å². The first kappa shape index (κ1) is 9.31. The summed E-state index contributed by atoms with van der Waals surface area (Å²) in [6.45, 7) is 4.27. The van der Waals surface area contributed by atoms with Gasteiger partial charge in [-0.05, 0) is 37.3 Å². The Morgan fingerprint density at radius 1 is 1.50 bits per heavy atom. The van der Waals surface area contributed by atoms with Crippen molar-refractivity contribution in [3.63, 3.8) is 0 Å². The molecule has 0 saturated heterocycles. The second-order valence-corrected chi connectivity index (χ2v) is 4.31. The Morgan fingerprint density at radius 3 is 2.86 bits per heavy atom. The fraction of sp³-hybridized carbons (Fsp3) is 0.545. The standard InChI is InChI=1S/C11H17N3/c1-7-5-9(6-7)14-11-10(12)8(2)3-4-13-11/h3-4,7,9H,5-6,12H2,1-2H3,(H,13,14). The lowest BCUT2D eigenvalue weighted by Gasteiger charge is -2.34. The summed E-state index contributed by atoms with van der Waals surface area (Å²) in [5.74, 6) is 1.69. The minimum atomic E-state index is 0.571. The molecule has 76 valence electrons.